The Kier molecular flexibility index (Phi) is 7.14. The van der Waals surface area contributed by atoms with Gasteiger partial charge in [0.25, 0.3) is 5.91 Å². The van der Waals surface area contributed by atoms with Crippen molar-refractivity contribution < 1.29 is 19.7 Å². The number of ether oxygens (including phenoxy) is 1. The molecule has 0 spiro atoms. The van der Waals surface area contributed by atoms with E-state index in [1.807, 2.05) is 30.3 Å². The number of amides is 1. The van der Waals surface area contributed by atoms with Crippen molar-refractivity contribution in [1.29, 1.82) is 0 Å². The molecule has 2 aromatic carbocycles. The first-order chi connectivity index (χ1) is 17.8. The van der Waals surface area contributed by atoms with Crippen LogP contribution in [-0.2, 0) is 17.0 Å². The Morgan fingerprint density at radius 3 is 2.41 bits per heavy atom. The summed E-state index contributed by atoms with van der Waals surface area (Å²) < 4.78 is 6.77. The third-order valence-electron chi connectivity index (χ3n) is 7.29. The zero-order valence-electron chi connectivity index (χ0n) is 20.3. The molecule has 0 unspecified atom stereocenters. The van der Waals surface area contributed by atoms with E-state index in [0.717, 1.165) is 29.5 Å². The number of benzene rings is 2. The van der Waals surface area contributed by atoms with E-state index in [1.54, 1.807) is 35.4 Å². The molecule has 1 saturated carbocycles. The van der Waals surface area contributed by atoms with Gasteiger partial charge in [-0.15, -0.1) is 0 Å². The summed E-state index contributed by atoms with van der Waals surface area (Å²) in [4.78, 5) is 20.2. The lowest BCUT2D eigenvalue weighted by Crippen LogP contribution is -2.47. The Balaban J connectivity index is 1.67. The summed E-state index contributed by atoms with van der Waals surface area (Å²) in [6.45, 7) is 4.51. The molecule has 1 aromatic heterocycles. The summed E-state index contributed by atoms with van der Waals surface area (Å²) in [6.07, 6.45) is 3.68. The van der Waals surface area contributed by atoms with E-state index in [9.17, 15) is 15.0 Å². The lowest BCUT2D eigenvalue weighted by Gasteiger charge is -2.40. The van der Waals surface area contributed by atoms with Crippen LogP contribution >= 0.6 is 23.2 Å². The molecule has 1 fully saturated rings. The molecule has 3 aromatic rings. The van der Waals surface area contributed by atoms with Crippen molar-refractivity contribution in [3.63, 3.8) is 0 Å². The van der Waals surface area contributed by atoms with Crippen LogP contribution in [0.2, 0.25) is 10.0 Å². The number of hydrogen-bond donors (Lipinski definition) is 2. The molecule has 192 valence electrons. The highest BCUT2D eigenvalue weighted by molar-refractivity contribution is 6.30. The number of nitrogens with zero attached hydrogens (tertiary/aromatic N) is 2. The lowest BCUT2D eigenvalue weighted by atomic mass is 9.90. The molecule has 1 atom stereocenters. The first-order valence-electron chi connectivity index (χ1n) is 12.2. The van der Waals surface area contributed by atoms with Gasteiger partial charge in [-0.2, -0.15) is 0 Å². The molecule has 1 aliphatic carbocycles. The van der Waals surface area contributed by atoms with E-state index in [-0.39, 0.29) is 37.7 Å². The van der Waals surface area contributed by atoms with Gasteiger partial charge in [-0.25, -0.2) is 0 Å². The molecule has 5 rings (SSSR count). The Morgan fingerprint density at radius 2 is 1.78 bits per heavy atom. The molecular weight excluding hydrogens is 511 g/mol. The van der Waals surface area contributed by atoms with Crippen molar-refractivity contribution in [2.45, 2.75) is 31.5 Å². The second-order valence-corrected chi connectivity index (χ2v) is 10.7. The number of pyridine rings is 1. The molecule has 37 heavy (non-hydrogen) atoms. The zero-order chi connectivity index (χ0) is 26.2. The molecular formula is C29H28Cl2N2O4. The van der Waals surface area contributed by atoms with Crippen LogP contribution in [0.4, 0.5) is 0 Å². The molecule has 1 amide bonds. The largest absolute Gasteiger partial charge is 0.396 e. The van der Waals surface area contributed by atoms with Crippen LogP contribution < -0.4 is 0 Å². The van der Waals surface area contributed by atoms with Gasteiger partial charge < -0.3 is 14.9 Å². The maximum absolute atomic E-state index is 14.1. The van der Waals surface area contributed by atoms with Crippen LogP contribution in [0, 0.1) is 5.41 Å². The molecule has 2 aliphatic rings. The monoisotopic (exact) mass is 538 g/mol. The Morgan fingerprint density at radius 1 is 1.05 bits per heavy atom. The summed E-state index contributed by atoms with van der Waals surface area (Å²) in [5.74, 6) is -0.214. The fourth-order valence-corrected chi connectivity index (χ4v) is 5.04. The number of halogens is 2. The van der Waals surface area contributed by atoms with Crippen LogP contribution in [0.5, 0.6) is 0 Å². The molecule has 1 aliphatic heterocycles. The van der Waals surface area contributed by atoms with E-state index in [0.29, 0.717) is 33.3 Å². The molecule has 2 N–H and O–H groups in total. The number of carbonyl (C=O) groups is 1. The van der Waals surface area contributed by atoms with Crippen molar-refractivity contribution in [2.75, 3.05) is 19.8 Å². The average molecular weight is 539 g/mol. The maximum atomic E-state index is 14.1. The van der Waals surface area contributed by atoms with Crippen LogP contribution in [0.25, 0.3) is 5.57 Å². The number of aliphatic hydroxyl groups is 2. The number of rotatable bonds is 10. The molecule has 0 bridgehead atoms. The van der Waals surface area contributed by atoms with Gasteiger partial charge in [0.15, 0.2) is 5.72 Å². The van der Waals surface area contributed by atoms with Crippen LogP contribution in [0.3, 0.4) is 0 Å². The summed E-state index contributed by atoms with van der Waals surface area (Å²) in [7, 11) is 0. The first kappa shape index (κ1) is 25.9. The van der Waals surface area contributed by atoms with Crippen molar-refractivity contribution in [1.82, 2.24) is 9.88 Å². The number of fused-ring (bicyclic) bond motifs is 1. The van der Waals surface area contributed by atoms with E-state index < -0.39 is 5.72 Å². The molecule has 6 nitrogen and oxygen atoms in total. The number of hydrogen-bond acceptors (Lipinski definition) is 5. The predicted molar refractivity (Wildman–Crippen MR) is 143 cm³/mol. The molecule has 8 heteroatoms. The fourth-order valence-electron chi connectivity index (χ4n) is 4.80. The van der Waals surface area contributed by atoms with E-state index >= 15 is 0 Å². The van der Waals surface area contributed by atoms with Gasteiger partial charge in [-0.1, -0.05) is 54.0 Å². The van der Waals surface area contributed by atoms with Gasteiger partial charge in [-0.05, 0) is 60.7 Å². The third-order valence-corrected chi connectivity index (χ3v) is 7.76. The van der Waals surface area contributed by atoms with E-state index in [2.05, 4.69) is 11.6 Å². The lowest BCUT2D eigenvalue weighted by molar-refractivity contribution is -0.129. The van der Waals surface area contributed by atoms with Crippen molar-refractivity contribution in [3.8, 4) is 0 Å². The minimum atomic E-state index is -1.26. The smallest absolute Gasteiger partial charge is 0.257 e. The minimum Gasteiger partial charge on any atom is -0.396 e. The Hall–Kier alpha value is -2.74. The predicted octanol–water partition coefficient (Wildman–Crippen LogP) is 5.43. The third kappa shape index (κ3) is 4.80. The fraction of sp³-hybridized carbons (Fsp3) is 0.310. The number of carbonyl (C=O) groups excluding carboxylic acids is 1. The van der Waals surface area contributed by atoms with Crippen molar-refractivity contribution in [3.05, 3.63) is 105 Å². The van der Waals surface area contributed by atoms with Gasteiger partial charge in [0.05, 0.1) is 30.5 Å². The highest BCUT2D eigenvalue weighted by atomic mass is 35.5. The first-order valence-corrected chi connectivity index (χ1v) is 12.9. The number of aliphatic hydroxyl groups excluding tert-OH is 2. The normalized spacial score (nSPS) is 19.7. The van der Waals surface area contributed by atoms with Crippen molar-refractivity contribution in [2.24, 2.45) is 5.41 Å². The van der Waals surface area contributed by atoms with Gasteiger partial charge in [-0.3, -0.25) is 14.7 Å². The van der Waals surface area contributed by atoms with E-state index in [1.165, 1.54) is 0 Å². The topological polar surface area (TPSA) is 82.9 Å². The SMILES string of the molecule is C=C(CCO)c1ccc2c(c1)C(=O)N(Cc1ccc(Cl)cn1)[C@@]2(OCC1(CO)CC1)c1ccc(Cl)cc1. The van der Waals surface area contributed by atoms with Crippen LogP contribution in [0.15, 0.2) is 67.4 Å². The highest BCUT2D eigenvalue weighted by Crippen LogP contribution is 2.51. The number of aromatic nitrogens is 1. The summed E-state index contributed by atoms with van der Waals surface area (Å²) in [5, 5.41) is 20.5. The van der Waals surface area contributed by atoms with Crippen LogP contribution in [0.1, 0.15) is 52.0 Å². The van der Waals surface area contributed by atoms with Gasteiger partial charge in [0, 0.05) is 39.9 Å². The van der Waals surface area contributed by atoms with E-state index in [4.69, 9.17) is 27.9 Å². The Labute approximate surface area is 226 Å². The molecule has 2 heterocycles. The van der Waals surface area contributed by atoms with Gasteiger partial charge in [0.2, 0.25) is 0 Å². The zero-order valence-corrected chi connectivity index (χ0v) is 21.8. The van der Waals surface area contributed by atoms with Crippen LogP contribution in [-0.4, -0.2) is 45.8 Å². The van der Waals surface area contributed by atoms with Gasteiger partial charge >= 0.3 is 0 Å². The second-order valence-electron chi connectivity index (χ2n) is 9.79. The summed E-state index contributed by atoms with van der Waals surface area (Å²) >= 11 is 12.3. The highest BCUT2D eigenvalue weighted by Gasteiger charge is 2.54. The summed E-state index contributed by atoms with van der Waals surface area (Å²) in [5.41, 5.74) is 2.54. The van der Waals surface area contributed by atoms with Gasteiger partial charge in [0.1, 0.15) is 0 Å². The standard InChI is InChI=1S/C29H28Cl2N2O4/c1-19(10-13-34)20-2-9-26-25(14-20)27(36)33(16-24-8-7-23(31)15-32-24)29(26,21-3-5-22(30)6-4-21)37-18-28(17-35)11-12-28/h2-9,14-15,34-35H,1,10-13,16-18H2/t29-/m1/s1. The average Bonchev–Trinajstić information content (AvgIpc) is 3.66. The quantitative estimate of drug-likeness (QED) is 0.359. The Bertz CT molecular complexity index is 1320. The maximum Gasteiger partial charge on any atom is 0.257 e. The minimum absolute atomic E-state index is 0.0170. The molecule has 0 saturated heterocycles. The van der Waals surface area contributed by atoms with Crippen molar-refractivity contribution >= 4 is 34.7 Å². The molecule has 0 radical (unpaired) electrons. The summed E-state index contributed by atoms with van der Waals surface area (Å²) in [6, 6.07) is 16.4. The second kappa shape index (κ2) is 10.2.